The molecule has 0 bridgehead atoms. The quantitative estimate of drug-likeness (QED) is 0.840. The number of nitrogens with one attached hydrogen (secondary N) is 1. The van der Waals surface area contributed by atoms with Crippen LogP contribution in [0.15, 0.2) is 0 Å². The van der Waals surface area contributed by atoms with E-state index in [1.807, 2.05) is 0 Å². The Morgan fingerprint density at radius 3 is 2.47 bits per heavy atom. The molecule has 1 unspecified atom stereocenters. The van der Waals surface area contributed by atoms with Crippen LogP contribution in [0.5, 0.6) is 0 Å². The summed E-state index contributed by atoms with van der Waals surface area (Å²) in [5.74, 6) is 0.951. The molecule has 0 amide bonds. The van der Waals surface area contributed by atoms with Crippen LogP contribution in [0, 0.1) is 11.3 Å². The smallest absolute Gasteiger partial charge is 0.0308 e. The molecule has 2 heteroatoms. The van der Waals surface area contributed by atoms with Crippen LogP contribution < -0.4 is 5.32 Å². The summed E-state index contributed by atoms with van der Waals surface area (Å²) in [5.41, 5.74) is 1.01. The molecule has 1 atom stereocenters. The molecule has 3 rings (SSSR count). The Balaban J connectivity index is 1.62. The van der Waals surface area contributed by atoms with Crippen molar-refractivity contribution in [2.75, 3.05) is 26.2 Å². The van der Waals surface area contributed by atoms with Crippen LogP contribution in [0.2, 0.25) is 0 Å². The maximum atomic E-state index is 3.86. The molecule has 0 aromatic carbocycles. The zero-order chi connectivity index (χ0) is 13.3. The van der Waals surface area contributed by atoms with Gasteiger partial charge in [0.2, 0.25) is 0 Å². The molecule has 2 nitrogen and oxygen atoms in total. The normalized spacial score (nSPS) is 36.9. The van der Waals surface area contributed by atoms with E-state index >= 15 is 0 Å². The lowest BCUT2D eigenvalue weighted by Gasteiger charge is -2.41. The first-order valence-corrected chi connectivity index (χ1v) is 8.57. The molecule has 1 N–H and O–H groups in total. The maximum absolute atomic E-state index is 3.86. The molecular formula is C17H32N2. The highest BCUT2D eigenvalue weighted by Crippen LogP contribution is 2.42. The van der Waals surface area contributed by atoms with Crippen molar-refractivity contribution in [1.82, 2.24) is 10.2 Å². The van der Waals surface area contributed by atoms with Crippen molar-refractivity contribution >= 4 is 0 Å². The summed E-state index contributed by atoms with van der Waals surface area (Å²) in [5, 5.41) is 3.86. The van der Waals surface area contributed by atoms with E-state index in [1.165, 1.54) is 77.5 Å². The largest absolute Gasteiger partial charge is 0.310 e. The van der Waals surface area contributed by atoms with Gasteiger partial charge in [0.25, 0.3) is 0 Å². The van der Waals surface area contributed by atoms with Crippen LogP contribution >= 0.6 is 0 Å². The van der Waals surface area contributed by atoms with Crippen molar-refractivity contribution in [1.29, 1.82) is 0 Å². The van der Waals surface area contributed by atoms with Crippen LogP contribution in [-0.4, -0.2) is 36.6 Å². The molecule has 3 aliphatic rings. The molecule has 0 spiro atoms. The van der Waals surface area contributed by atoms with Gasteiger partial charge in [-0.15, -0.1) is 0 Å². The molecule has 19 heavy (non-hydrogen) atoms. The zero-order valence-corrected chi connectivity index (χ0v) is 13.0. The first kappa shape index (κ1) is 13.9. The fourth-order valence-corrected chi connectivity index (χ4v) is 4.51. The van der Waals surface area contributed by atoms with E-state index in [4.69, 9.17) is 0 Å². The second kappa shape index (κ2) is 5.37. The Morgan fingerprint density at radius 1 is 1.05 bits per heavy atom. The fraction of sp³-hybridized carbons (Fsp3) is 1.00. The molecule has 2 saturated carbocycles. The number of nitrogens with zero attached hydrogens (tertiary/aromatic N) is 1. The van der Waals surface area contributed by atoms with Gasteiger partial charge in [-0.3, -0.25) is 0 Å². The first-order valence-electron chi connectivity index (χ1n) is 8.57. The van der Waals surface area contributed by atoms with Crippen molar-refractivity contribution in [3.8, 4) is 0 Å². The Labute approximate surface area is 119 Å². The van der Waals surface area contributed by atoms with Gasteiger partial charge in [0.05, 0.1) is 0 Å². The van der Waals surface area contributed by atoms with E-state index in [-0.39, 0.29) is 0 Å². The highest BCUT2D eigenvalue weighted by atomic mass is 15.2. The monoisotopic (exact) mass is 264 g/mol. The minimum atomic E-state index is 0.404. The molecular weight excluding hydrogens is 232 g/mol. The summed E-state index contributed by atoms with van der Waals surface area (Å²) < 4.78 is 0. The van der Waals surface area contributed by atoms with Crippen LogP contribution in [-0.2, 0) is 0 Å². The minimum Gasteiger partial charge on any atom is -0.310 e. The van der Waals surface area contributed by atoms with Crippen LogP contribution in [0.3, 0.4) is 0 Å². The summed E-state index contributed by atoms with van der Waals surface area (Å²) in [6.07, 6.45) is 11.5. The molecule has 0 radical (unpaired) electrons. The molecule has 0 aromatic rings. The summed E-state index contributed by atoms with van der Waals surface area (Å²) in [6.45, 7) is 10.2. The second-order valence-corrected chi connectivity index (χ2v) is 8.05. The lowest BCUT2D eigenvalue weighted by atomic mass is 9.75. The Kier molecular flexibility index (Phi) is 3.92. The predicted octanol–water partition coefficient (Wildman–Crippen LogP) is 3.42. The third kappa shape index (κ3) is 3.33. The number of hydrogen-bond donors (Lipinski definition) is 1. The van der Waals surface area contributed by atoms with Gasteiger partial charge in [-0.25, -0.2) is 0 Å². The third-order valence-corrected chi connectivity index (χ3v) is 5.88. The van der Waals surface area contributed by atoms with Gasteiger partial charge in [-0.1, -0.05) is 26.2 Å². The van der Waals surface area contributed by atoms with Crippen molar-refractivity contribution in [2.45, 2.75) is 70.8 Å². The summed E-state index contributed by atoms with van der Waals surface area (Å²) >= 11 is 0. The third-order valence-electron chi connectivity index (χ3n) is 5.88. The first-order chi connectivity index (χ1) is 9.10. The van der Waals surface area contributed by atoms with Gasteiger partial charge in [-0.2, -0.15) is 0 Å². The van der Waals surface area contributed by atoms with Crippen molar-refractivity contribution < 1.29 is 0 Å². The van der Waals surface area contributed by atoms with Gasteiger partial charge in [0.1, 0.15) is 0 Å². The van der Waals surface area contributed by atoms with Gasteiger partial charge in [0, 0.05) is 18.6 Å². The number of rotatable bonds is 3. The highest BCUT2D eigenvalue weighted by Gasteiger charge is 2.43. The molecule has 0 aromatic heterocycles. The minimum absolute atomic E-state index is 0.404. The molecule has 3 fully saturated rings. The maximum Gasteiger partial charge on any atom is 0.0308 e. The van der Waals surface area contributed by atoms with E-state index < -0.39 is 0 Å². The standard InChI is InChI=1S/C17H32N2/c1-16(9-4-3-5-10-16)13-19-12-6-11-18-17(2,14-19)15-7-8-15/h15,18H,3-14H2,1-2H3. The van der Waals surface area contributed by atoms with Crippen molar-refractivity contribution in [3.05, 3.63) is 0 Å². The summed E-state index contributed by atoms with van der Waals surface area (Å²) in [6, 6.07) is 0. The molecule has 2 aliphatic carbocycles. The van der Waals surface area contributed by atoms with E-state index in [0.29, 0.717) is 11.0 Å². The fourth-order valence-electron chi connectivity index (χ4n) is 4.51. The Hall–Kier alpha value is -0.0800. The van der Waals surface area contributed by atoms with Gasteiger partial charge >= 0.3 is 0 Å². The average molecular weight is 264 g/mol. The summed E-state index contributed by atoms with van der Waals surface area (Å²) in [7, 11) is 0. The van der Waals surface area contributed by atoms with E-state index in [1.54, 1.807) is 0 Å². The predicted molar refractivity (Wildman–Crippen MR) is 81.4 cm³/mol. The lowest BCUT2D eigenvalue weighted by Crippen LogP contribution is -2.52. The van der Waals surface area contributed by atoms with E-state index in [9.17, 15) is 0 Å². The SMILES string of the molecule is CC1(CN2CCCNC(C)(C3CC3)C2)CCCCC1. The number of hydrogen-bond acceptors (Lipinski definition) is 2. The lowest BCUT2D eigenvalue weighted by molar-refractivity contribution is 0.103. The van der Waals surface area contributed by atoms with Crippen molar-refractivity contribution in [3.63, 3.8) is 0 Å². The van der Waals surface area contributed by atoms with Gasteiger partial charge < -0.3 is 10.2 Å². The Bertz CT molecular complexity index is 304. The van der Waals surface area contributed by atoms with E-state index in [0.717, 1.165) is 5.92 Å². The molecule has 1 saturated heterocycles. The zero-order valence-electron chi connectivity index (χ0n) is 13.0. The van der Waals surface area contributed by atoms with Crippen molar-refractivity contribution in [2.24, 2.45) is 11.3 Å². The van der Waals surface area contributed by atoms with Gasteiger partial charge in [-0.05, 0) is 63.5 Å². The van der Waals surface area contributed by atoms with Crippen LogP contribution in [0.4, 0.5) is 0 Å². The van der Waals surface area contributed by atoms with Gasteiger partial charge in [0.15, 0.2) is 0 Å². The summed E-state index contributed by atoms with van der Waals surface area (Å²) in [4.78, 5) is 2.80. The Morgan fingerprint density at radius 2 is 1.79 bits per heavy atom. The second-order valence-electron chi connectivity index (χ2n) is 8.05. The molecule has 110 valence electrons. The topological polar surface area (TPSA) is 15.3 Å². The van der Waals surface area contributed by atoms with Crippen LogP contribution in [0.1, 0.15) is 65.2 Å². The highest BCUT2D eigenvalue weighted by molar-refractivity contribution is 5.01. The van der Waals surface area contributed by atoms with E-state index in [2.05, 4.69) is 24.1 Å². The molecule has 1 aliphatic heterocycles. The average Bonchev–Trinajstić information content (AvgIpc) is 3.18. The van der Waals surface area contributed by atoms with Crippen LogP contribution in [0.25, 0.3) is 0 Å². The molecule has 1 heterocycles.